The summed E-state index contributed by atoms with van der Waals surface area (Å²) < 4.78 is 2.08. The molecule has 0 aliphatic heterocycles. The quantitative estimate of drug-likeness (QED) is 0.871. The lowest BCUT2D eigenvalue weighted by atomic mass is 9.76. The molecule has 0 radical (unpaired) electrons. The normalized spacial score (nSPS) is 13.4. The SMILES string of the molecule is CCNC(c1ccnn1CC)C(C)(C)c1ccccc1. The third-order valence-corrected chi connectivity index (χ3v) is 3.99. The second-order valence-corrected chi connectivity index (χ2v) is 5.65. The molecule has 108 valence electrons. The molecule has 1 N–H and O–H groups in total. The number of nitrogens with one attached hydrogen (secondary N) is 1. The molecule has 1 unspecified atom stereocenters. The molecule has 0 saturated carbocycles. The average Bonchev–Trinajstić information content (AvgIpc) is 2.93. The van der Waals surface area contributed by atoms with Gasteiger partial charge in [0.1, 0.15) is 0 Å². The van der Waals surface area contributed by atoms with Gasteiger partial charge in [0.05, 0.1) is 11.7 Å². The van der Waals surface area contributed by atoms with Crippen LogP contribution in [0.4, 0.5) is 0 Å². The summed E-state index contributed by atoms with van der Waals surface area (Å²) in [5, 5.41) is 8.06. The monoisotopic (exact) mass is 271 g/mol. The van der Waals surface area contributed by atoms with Gasteiger partial charge in [-0.05, 0) is 25.1 Å². The summed E-state index contributed by atoms with van der Waals surface area (Å²) in [6, 6.07) is 13.1. The summed E-state index contributed by atoms with van der Waals surface area (Å²) in [6.07, 6.45) is 1.89. The van der Waals surface area contributed by atoms with Gasteiger partial charge in [-0.2, -0.15) is 5.10 Å². The van der Waals surface area contributed by atoms with Gasteiger partial charge in [-0.15, -0.1) is 0 Å². The predicted molar refractivity (Wildman–Crippen MR) is 83.8 cm³/mol. The van der Waals surface area contributed by atoms with Crippen molar-refractivity contribution in [3.63, 3.8) is 0 Å². The Bertz CT molecular complexity index is 528. The minimum atomic E-state index is 0.00419. The van der Waals surface area contributed by atoms with Gasteiger partial charge in [0.2, 0.25) is 0 Å². The highest BCUT2D eigenvalue weighted by Gasteiger charge is 2.33. The summed E-state index contributed by atoms with van der Waals surface area (Å²) in [5.41, 5.74) is 2.60. The number of hydrogen-bond acceptors (Lipinski definition) is 2. The number of aryl methyl sites for hydroxylation is 1. The summed E-state index contributed by atoms with van der Waals surface area (Å²) in [6.45, 7) is 10.7. The number of nitrogens with zero attached hydrogens (tertiary/aromatic N) is 2. The molecule has 0 aliphatic carbocycles. The predicted octanol–water partition coefficient (Wildman–Crippen LogP) is 3.53. The van der Waals surface area contributed by atoms with Crippen molar-refractivity contribution in [2.75, 3.05) is 6.54 Å². The molecule has 1 atom stereocenters. The van der Waals surface area contributed by atoms with Crippen LogP contribution in [-0.2, 0) is 12.0 Å². The molecule has 0 saturated heterocycles. The molecule has 0 bridgehead atoms. The summed E-state index contributed by atoms with van der Waals surface area (Å²) in [7, 11) is 0. The minimum absolute atomic E-state index is 0.00419. The summed E-state index contributed by atoms with van der Waals surface area (Å²) >= 11 is 0. The van der Waals surface area contributed by atoms with Crippen LogP contribution in [0.5, 0.6) is 0 Å². The number of aromatic nitrogens is 2. The Kier molecular flexibility index (Phi) is 4.61. The molecular formula is C17H25N3. The second-order valence-electron chi connectivity index (χ2n) is 5.65. The lowest BCUT2D eigenvalue weighted by Crippen LogP contribution is -2.38. The zero-order valence-corrected chi connectivity index (χ0v) is 12.9. The molecule has 2 aromatic rings. The van der Waals surface area contributed by atoms with Gasteiger partial charge >= 0.3 is 0 Å². The van der Waals surface area contributed by atoms with Crippen molar-refractivity contribution in [2.45, 2.75) is 45.7 Å². The first-order chi connectivity index (χ1) is 9.61. The first-order valence-electron chi connectivity index (χ1n) is 7.41. The van der Waals surface area contributed by atoms with E-state index in [0.29, 0.717) is 0 Å². The maximum absolute atomic E-state index is 4.42. The van der Waals surface area contributed by atoms with E-state index in [1.54, 1.807) is 0 Å². The molecule has 0 spiro atoms. The molecule has 0 fully saturated rings. The molecule has 20 heavy (non-hydrogen) atoms. The Hall–Kier alpha value is -1.61. The van der Waals surface area contributed by atoms with E-state index in [9.17, 15) is 0 Å². The maximum atomic E-state index is 4.42. The van der Waals surface area contributed by atoms with Crippen molar-refractivity contribution in [1.82, 2.24) is 15.1 Å². The van der Waals surface area contributed by atoms with Gasteiger partial charge in [-0.25, -0.2) is 0 Å². The van der Waals surface area contributed by atoms with Crippen LogP contribution in [0, 0.1) is 0 Å². The standard InChI is InChI=1S/C17H25N3/c1-5-18-16(15-12-13-19-20(15)6-2)17(3,4)14-10-8-7-9-11-14/h7-13,16,18H,5-6H2,1-4H3. The van der Waals surface area contributed by atoms with E-state index >= 15 is 0 Å². The van der Waals surface area contributed by atoms with Crippen molar-refractivity contribution >= 4 is 0 Å². The van der Waals surface area contributed by atoms with Crippen LogP contribution < -0.4 is 5.32 Å². The highest BCUT2D eigenvalue weighted by Crippen LogP contribution is 2.36. The highest BCUT2D eigenvalue weighted by atomic mass is 15.3. The van der Waals surface area contributed by atoms with E-state index in [4.69, 9.17) is 0 Å². The Morgan fingerprint density at radius 2 is 1.85 bits per heavy atom. The Balaban J connectivity index is 2.42. The molecule has 1 heterocycles. The van der Waals surface area contributed by atoms with E-state index in [0.717, 1.165) is 13.1 Å². The Labute approximate surface area is 122 Å². The van der Waals surface area contributed by atoms with Crippen LogP contribution in [0.1, 0.15) is 45.0 Å². The van der Waals surface area contributed by atoms with Crippen molar-refractivity contribution in [3.05, 3.63) is 53.9 Å². The molecule has 2 rings (SSSR count). The number of hydrogen-bond donors (Lipinski definition) is 1. The van der Waals surface area contributed by atoms with Gasteiger partial charge in [0.25, 0.3) is 0 Å². The highest BCUT2D eigenvalue weighted by molar-refractivity contribution is 5.29. The van der Waals surface area contributed by atoms with Crippen molar-refractivity contribution < 1.29 is 0 Å². The van der Waals surface area contributed by atoms with Crippen molar-refractivity contribution in [2.24, 2.45) is 0 Å². The van der Waals surface area contributed by atoms with Gasteiger partial charge in [-0.3, -0.25) is 4.68 Å². The van der Waals surface area contributed by atoms with Gasteiger partial charge in [0, 0.05) is 18.2 Å². The van der Waals surface area contributed by atoms with Crippen molar-refractivity contribution in [1.29, 1.82) is 0 Å². The largest absolute Gasteiger partial charge is 0.308 e. The molecule has 0 amide bonds. The van der Waals surface area contributed by atoms with Crippen LogP contribution in [0.2, 0.25) is 0 Å². The van der Waals surface area contributed by atoms with E-state index in [-0.39, 0.29) is 11.5 Å². The fourth-order valence-corrected chi connectivity index (χ4v) is 2.82. The zero-order valence-electron chi connectivity index (χ0n) is 12.9. The number of likely N-dealkylation sites (N-methyl/N-ethyl adjacent to an activating group) is 1. The molecule has 0 aliphatic rings. The van der Waals surface area contributed by atoms with Crippen molar-refractivity contribution in [3.8, 4) is 0 Å². The smallest absolute Gasteiger partial charge is 0.0584 e. The third-order valence-electron chi connectivity index (χ3n) is 3.99. The van der Waals surface area contributed by atoms with Crippen LogP contribution in [0.3, 0.4) is 0 Å². The van der Waals surface area contributed by atoms with E-state index in [1.807, 2.05) is 6.20 Å². The fourth-order valence-electron chi connectivity index (χ4n) is 2.82. The summed E-state index contributed by atoms with van der Waals surface area (Å²) in [5.74, 6) is 0. The molecular weight excluding hydrogens is 246 g/mol. The fraction of sp³-hybridized carbons (Fsp3) is 0.471. The molecule has 1 aromatic carbocycles. The minimum Gasteiger partial charge on any atom is -0.308 e. The average molecular weight is 271 g/mol. The van der Waals surface area contributed by atoms with Crippen LogP contribution in [0.25, 0.3) is 0 Å². The molecule has 1 aromatic heterocycles. The third kappa shape index (κ3) is 2.78. The summed E-state index contributed by atoms with van der Waals surface area (Å²) in [4.78, 5) is 0. The molecule has 3 heteroatoms. The lowest BCUT2D eigenvalue weighted by Gasteiger charge is -2.36. The van der Waals surface area contributed by atoms with E-state index in [2.05, 4.69) is 79.2 Å². The maximum Gasteiger partial charge on any atom is 0.0584 e. The zero-order chi connectivity index (χ0) is 14.6. The topological polar surface area (TPSA) is 29.9 Å². The van der Waals surface area contributed by atoms with Crippen LogP contribution in [-0.4, -0.2) is 16.3 Å². The lowest BCUT2D eigenvalue weighted by molar-refractivity contribution is 0.333. The van der Waals surface area contributed by atoms with E-state index < -0.39 is 0 Å². The van der Waals surface area contributed by atoms with Crippen LogP contribution in [0.15, 0.2) is 42.6 Å². The first-order valence-corrected chi connectivity index (χ1v) is 7.41. The number of benzene rings is 1. The van der Waals surface area contributed by atoms with Crippen LogP contribution >= 0.6 is 0 Å². The van der Waals surface area contributed by atoms with E-state index in [1.165, 1.54) is 11.3 Å². The first kappa shape index (κ1) is 14.8. The van der Waals surface area contributed by atoms with Gasteiger partial charge in [-0.1, -0.05) is 51.1 Å². The Morgan fingerprint density at radius 1 is 1.15 bits per heavy atom. The second kappa shape index (κ2) is 6.23. The van der Waals surface area contributed by atoms with Gasteiger partial charge in [0.15, 0.2) is 0 Å². The number of rotatable bonds is 6. The van der Waals surface area contributed by atoms with Gasteiger partial charge < -0.3 is 5.32 Å². The molecule has 3 nitrogen and oxygen atoms in total. The Morgan fingerprint density at radius 3 is 2.45 bits per heavy atom.